The van der Waals surface area contributed by atoms with Gasteiger partial charge in [0.15, 0.2) is 0 Å². The summed E-state index contributed by atoms with van der Waals surface area (Å²) in [5.41, 5.74) is 11.7. The van der Waals surface area contributed by atoms with Gasteiger partial charge in [0.1, 0.15) is 0 Å². The molecule has 0 amide bonds. The normalized spacial score (nSPS) is 15.0. The molecule has 0 bridgehead atoms. The number of para-hydroxylation sites is 4. The topological polar surface area (TPSA) is 42.3 Å². The van der Waals surface area contributed by atoms with Crippen molar-refractivity contribution in [3.05, 3.63) is 169 Å². The second-order valence-electron chi connectivity index (χ2n) is 13.8. The van der Waals surface area contributed by atoms with Gasteiger partial charge in [0.2, 0.25) is 9.84 Å². The molecule has 0 spiro atoms. The van der Waals surface area contributed by atoms with Gasteiger partial charge in [-0.2, -0.15) is 0 Å². The van der Waals surface area contributed by atoms with E-state index in [4.69, 9.17) is 0 Å². The minimum Gasteiger partial charge on any atom is -0.309 e. The predicted octanol–water partition coefficient (Wildman–Crippen LogP) is 11.4. The number of rotatable bonds is 2. The maximum absolute atomic E-state index is 14.5. The van der Waals surface area contributed by atoms with Crippen molar-refractivity contribution in [3.8, 4) is 27.9 Å². The van der Waals surface area contributed by atoms with Crippen LogP contribution in [0.1, 0.15) is 25.0 Å². The van der Waals surface area contributed by atoms with E-state index in [9.17, 15) is 8.42 Å². The Hall–Kier alpha value is -5.91. The number of hydrogen-bond acceptors (Lipinski definition) is 3. The highest BCUT2D eigenvalue weighted by atomic mass is 32.2. The quantitative estimate of drug-likeness (QED) is 0.185. The van der Waals surface area contributed by atoms with Crippen molar-refractivity contribution in [2.75, 3.05) is 4.90 Å². The molecule has 5 heteroatoms. The highest BCUT2D eigenvalue weighted by Crippen LogP contribution is 2.53. The Kier molecular flexibility index (Phi) is 5.98. The second kappa shape index (κ2) is 10.3. The lowest BCUT2D eigenvalue weighted by Gasteiger charge is -2.36. The molecular formula is C45H32N2O2S. The van der Waals surface area contributed by atoms with Crippen LogP contribution in [0.2, 0.25) is 0 Å². The summed E-state index contributed by atoms with van der Waals surface area (Å²) >= 11 is 0. The van der Waals surface area contributed by atoms with Gasteiger partial charge in [-0.1, -0.05) is 111 Å². The van der Waals surface area contributed by atoms with Crippen molar-refractivity contribution in [2.24, 2.45) is 0 Å². The first-order chi connectivity index (χ1) is 24.3. The molecule has 50 heavy (non-hydrogen) atoms. The van der Waals surface area contributed by atoms with E-state index in [1.54, 1.807) is 6.07 Å². The Morgan fingerprint density at radius 2 is 0.880 bits per heavy atom. The average molecular weight is 665 g/mol. The summed E-state index contributed by atoms with van der Waals surface area (Å²) in [6.07, 6.45) is 0. The van der Waals surface area contributed by atoms with Crippen LogP contribution in [0.25, 0.3) is 49.7 Å². The van der Waals surface area contributed by atoms with Crippen molar-refractivity contribution >= 4 is 48.7 Å². The third-order valence-corrected chi connectivity index (χ3v) is 12.6. The number of hydrogen-bond donors (Lipinski definition) is 0. The minimum atomic E-state index is -3.79. The maximum atomic E-state index is 14.5. The van der Waals surface area contributed by atoms with Gasteiger partial charge in [0.25, 0.3) is 0 Å². The zero-order valence-corrected chi connectivity index (χ0v) is 28.4. The summed E-state index contributed by atoms with van der Waals surface area (Å²) in [7, 11) is -3.79. The summed E-state index contributed by atoms with van der Waals surface area (Å²) in [6.45, 7) is 4.30. The molecule has 0 fully saturated rings. The predicted molar refractivity (Wildman–Crippen MR) is 204 cm³/mol. The first-order valence-electron chi connectivity index (χ1n) is 16.9. The van der Waals surface area contributed by atoms with E-state index in [2.05, 4.69) is 157 Å². The SMILES string of the molecule is CC1(C)c2cc(N3c4ccccc4-c4ccccc4-c4ccccc43)ccc2S(=O)(=O)c2ccc(-n3c4ccccc4c4ccccc43)cc21. The molecule has 0 unspecified atom stereocenters. The number of anilines is 3. The third kappa shape index (κ3) is 3.89. The minimum absolute atomic E-state index is 0.364. The van der Waals surface area contributed by atoms with Gasteiger partial charge in [-0.05, 0) is 82.9 Å². The molecule has 7 aromatic carbocycles. The van der Waals surface area contributed by atoms with E-state index >= 15 is 0 Å². The standard InChI is InChI=1S/C45H32N2O2S/c1-45(2)37-27-29(46-39-19-9-5-15-33(39)31-13-3-4-14-32(31)34-16-6-10-20-40(34)46)23-25-43(37)50(48,49)44-26-24-30(28-38(44)45)47-41-21-11-7-17-35(41)36-18-8-12-22-42(36)47/h3-28H,1-2H3. The molecule has 2 aliphatic rings. The lowest BCUT2D eigenvalue weighted by Crippen LogP contribution is -2.30. The molecule has 0 radical (unpaired) electrons. The number of nitrogens with zero attached hydrogens (tertiary/aromatic N) is 2. The van der Waals surface area contributed by atoms with Gasteiger partial charge in [0, 0.05) is 38.7 Å². The van der Waals surface area contributed by atoms with E-state index in [-0.39, 0.29) is 0 Å². The Morgan fingerprint density at radius 3 is 1.42 bits per heavy atom. The summed E-state index contributed by atoms with van der Waals surface area (Å²) in [4.78, 5) is 3.02. The fourth-order valence-electron chi connectivity index (χ4n) is 8.38. The van der Waals surface area contributed by atoms with Crippen molar-refractivity contribution in [1.29, 1.82) is 0 Å². The van der Waals surface area contributed by atoms with Crippen LogP contribution in [-0.4, -0.2) is 13.0 Å². The summed E-state index contributed by atoms with van der Waals surface area (Å²) in [5, 5.41) is 2.34. The first kappa shape index (κ1) is 29.0. The lowest BCUT2D eigenvalue weighted by molar-refractivity contribution is 0.555. The Labute approximate surface area is 291 Å². The Balaban J connectivity index is 1.19. The van der Waals surface area contributed by atoms with Crippen LogP contribution in [0.15, 0.2) is 168 Å². The molecule has 0 aliphatic carbocycles. The Bertz CT molecular complexity index is 2710. The van der Waals surface area contributed by atoms with Crippen LogP contribution >= 0.6 is 0 Å². The smallest absolute Gasteiger partial charge is 0.207 e. The molecule has 8 aromatic rings. The zero-order chi connectivity index (χ0) is 33.8. The fourth-order valence-corrected chi connectivity index (χ4v) is 10.3. The maximum Gasteiger partial charge on any atom is 0.207 e. The van der Waals surface area contributed by atoms with Crippen LogP contribution in [-0.2, 0) is 15.3 Å². The number of sulfone groups is 1. The molecule has 240 valence electrons. The van der Waals surface area contributed by atoms with Gasteiger partial charge >= 0.3 is 0 Å². The molecule has 3 heterocycles. The summed E-state index contributed by atoms with van der Waals surface area (Å²) < 4.78 is 31.2. The molecule has 0 atom stereocenters. The highest BCUT2D eigenvalue weighted by Gasteiger charge is 2.41. The van der Waals surface area contributed by atoms with Crippen LogP contribution in [0.5, 0.6) is 0 Å². The lowest BCUT2D eigenvalue weighted by atomic mass is 9.77. The number of benzene rings is 7. The van der Waals surface area contributed by atoms with Gasteiger partial charge < -0.3 is 9.47 Å². The van der Waals surface area contributed by atoms with E-state index in [1.165, 1.54) is 21.9 Å². The zero-order valence-electron chi connectivity index (χ0n) is 27.6. The largest absolute Gasteiger partial charge is 0.309 e. The van der Waals surface area contributed by atoms with E-state index in [0.29, 0.717) is 9.79 Å². The Morgan fingerprint density at radius 1 is 0.460 bits per heavy atom. The number of fused-ring (bicyclic) bond motifs is 10. The fraction of sp³-hybridized carbons (Fsp3) is 0.0667. The van der Waals surface area contributed by atoms with Crippen LogP contribution < -0.4 is 4.90 Å². The first-order valence-corrected chi connectivity index (χ1v) is 18.4. The van der Waals surface area contributed by atoms with E-state index in [1.807, 2.05) is 18.2 Å². The molecule has 0 saturated carbocycles. The van der Waals surface area contributed by atoms with Gasteiger partial charge in [-0.3, -0.25) is 0 Å². The van der Waals surface area contributed by atoms with Gasteiger partial charge in [0.05, 0.1) is 32.2 Å². The van der Waals surface area contributed by atoms with E-state index in [0.717, 1.165) is 56.0 Å². The van der Waals surface area contributed by atoms with Crippen LogP contribution in [0.3, 0.4) is 0 Å². The van der Waals surface area contributed by atoms with E-state index < -0.39 is 15.3 Å². The van der Waals surface area contributed by atoms with Crippen molar-refractivity contribution < 1.29 is 8.42 Å². The van der Waals surface area contributed by atoms with Gasteiger partial charge in [-0.25, -0.2) is 8.42 Å². The van der Waals surface area contributed by atoms with Crippen LogP contribution in [0, 0.1) is 0 Å². The second-order valence-corrected chi connectivity index (χ2v) is 15.7. The molecule has 10 rings (SSSR count). The highest BCUT2D eigenvalue weighted by molar-refractivity contribution is 7.91. The van der Waals surface area contributed by atoms with Crippen molar-refractivity contribution in [2.45, 2.75) is 29.1 Å². The monoisotopic (exact) mass is 664 g/mol. The molecule has 0 N–H and O–H groups in total. The molecule has 4 nitrogen and oxygen atoms in total. The average Bonchev–Trinajstić information content (AvgIpc) is 3.42. The third-order valence-electron chi connectivity index (χ3n) is 10.7. The molecule has 1 aromatic heterocycles. The molecule has 0 saturated heterocycles. The van der Waals surface area contributed by atoms with Crippen LogP contribution in [0.4, 0.5) is 17.1 Å². The van der Waals surface area contributed by atoms with Crippen molar-refractivity contribution in [1.82, 2.24) is 4.57 Å². The number of aromatic nitrogens is 1. The molecule has 2 aliphatic heterocycles. The summed E-state index contributed by atoms with van der Waals surface area (Å²) in [6, 6.07) is 54.0. The van der Waals surface area contributed by atoms with Crippen molar-refractivity contribution in [3.63, 3.8) is 0 Å². The summed E-state index contributed by atoms with van der Waals surface area (Å²) in [5.74, 6) is 0. The molecular weight excluding hydrogens is 633 g/mol. The van der Waals surface area contributed by atoms with Gasteiger partial charge in [-0.15, -0.1) is 0 Å².